The van der Waals surface area contributed by atoms with Crippen molar-refractivity contribution in [3.8, 4) is 17.4 Å². The minimum atomic E-state index is -0.400. The van der Waals surface area contributed by atoms with E-state index in [1.807, 2.05) is 48.7 Å². The largest absolute Gasteiger partial charge is 0.476 e. The van der Waals surface area contributed by atoms with E-state index in [2.05, 4.69) is 23.8 Å². The molecule has 1 unspecified atom stereocenters. The van der Waals surface area contributed by atoms with Gasteiger partial charge in [0.05, 0.1) is 13.2 Å². The molecule has 224 valence electrons. The van der Waals surface area contributed by atoms with Crippen LogP contribution in [0.5, 0.6) is 5.88 Å². The van der Waals surface area contributed by atoms with E-state index in [0.29, 0.717) is 61.3 Å². The van der Waals surface area contributed by atoms with Crippen molar-refractivity contribution in [3.05, 3.63) is 69.1 Å². The van der Waals surface area contributed by atoms with E-state index >= 15 is 0 Å². The molecule has 1 saturated heterocycles. The summed E-state index contributed by atoms with van der Waals surface area (Å²) in [5.41, 5.74) is 1.24. The molecule has 0 aliphatic carbocycles. The Morgan fingerprint density at radius 3 is 2.52 bits per heavy atom. The number of ether oxygens (including phenoxy) is 3. The summed E-state index contributed by atoms with van der Waals surface area (Å²) in [6.45, 7) is 10.0. The summed E-state index contributed by atoms with van der Waals surface area (Å²) >= 11 is 0. The fraction of sp³-hybridized carbons (Fsp3) is 0.516. The number of fused-ring (bicyclic) bond motifs is 1. The summed E-state index contributed by atoms with van der Waals surface area (Å²) in [5.74, 6) is 1.02. The maximum absolute atomic E-state index is 14.1. The molecule has 1 aliphatic rings. The standard InChI is InChI=1S/C31H40N6O5/c1-21(2)20-42-29-25(32-14-15-33-29)27-34-28-26(36(27)19-23-11-6-5-7-12-23)30(38)35(31(39)37(28)22(3)4)16-10-18-41-24-13-8-9-17-40-24/h5-7,11-12,14-15,21-22,24H,8-10,13,16-20H2,1-4H3. The zero-order chi connectivity index (χ0) is 29.6. The zero-order valence-electron chi connectivity index (χ0n) is 24.9. The minimum Gasteiger partial charge on any atom is -0.476 e. The number of nitrogens with zero attached hydrogens (tertiary/aromatic N) is 6. The minimum absolute atomic E-state index is 0.215. The predicted octanol–water partition coefficient (Wildman–Crippen LogP) is 4.41. The maximum atomic E-state index is 14.1. The predicted molar refractivity (Wildman–Crippen MR) is 160 cm³/mol. The summed E-state index contributed by atoms with van der Waals surface area (Å²) in [6, 6.07) is 9.58. The maximum Gasteiger partial charge on any atom is 0.332 e. The van der Waals surface area contributed by atoms with Crippen LogP contribution < -0.4 is 16.0 Å². The Bertz CT molecular complexity index is 1600. The molecular formula is C31H40N6O5. The molecule has 0 radical (unpaired) electrons. The van der Waals surface area contributed by atoms with Crippen molar-refractivity contribution < 1.29 is 14.2 Å². The Morgan fingerprint density at radius 2 is 1.81 bits per heavy atom. The number of imidazole rings is 1. The Labute approximate surface area is 245 Å². The van der Waals surface area contributed by atoms with Crippen LogP contribution in [0.1, 0.15) is 65.0 Å². The second kappa shape index (κ2) is 13.4. The lowest BCUT2D eigenvalue weighted by Crippen LogP contribution is -2.41. The topological polar surface area (TPSA) is 115 Å². The molecule has 11 heteroatoms. The van der Waals surface area contributed by atoms with Crippen LogP contribution in [0.4, 0.5) is 0 Å². The molecule has 42 heavy (non-hydrogen) atoms. The Hall–Kier alpha value is -3.83. The first-order chi connectivity index (χ1) is 20.3. The number of rotatable bonds is 12. The van der Waals surface area contributed by atoms with Crippen molar-refractivity contribution in [3.63, 3.8) is 0 Å². The number of benzene rings is 1. The number of aromatic nitrogens is 6. The van der Waals surface area contributed by atoms with Crippen LogP contribution in [0.2, 0.25) is 0 Å². The van der Waals surface area contributed by atoms with E-state index in [9.17, 15) is 9.59 Å². The summed E-state index contributed by atoms with van der Waals surface area (Å²) in [4.78, 5) is 41.8. The molecular weight excluding hydrogens is 536 g/mol. The Kier molecular flexibility index (Phi) is 9.48. The van der Waals surface area contributed by atoms with Gasteiger partial charge in [-0.15, -0.1) is 0 Å². The van der Waals surface area contributed by atoms with Crippen molar-refractivity contribution in [1.82, 2.24) is 28.7 Å². The SMILES string of the molecule is CC(C)COc1nccnc1-c1nc2c(c(=O)n(CCCOC3CCCCO3)c(=O)n2C(C)C)n1Cc1ccccc1. The van der Waals surface area contributed by atoms with Crippen LogP contribution in [0.25, 0.3) is 22.7 Å². The van der Waals surface area contributed by atoms with E-state index in [4.69, 9.17) is 19.2 Å². The van der Waals surface area contributed by atoms with Crippen LogP contribution in [0, 0.1) is 5.92 Å². The summed E-state index contributed by atoms with van der Waals surface area (Å²) < 4.78 is 22.3. The second-order valence-electron chi connectivity index (χ2n) is 11.3. The van der Waals surface area contributed by atoms with Crippen molar-refractivity contribution >= 4 is 11.2 Å². The highest BCUT2D eigenvalue weighted by Gasteiger charge is 2.26. The molecule has 4 aromatic rings. The number of hydrogen-bond acceptors (Lipinski definition) is 8. The lowest BCUT2D eigenvalue weighted by molar-refractivity contribution is -0.163. The quantitative estimate of drug-likeness (QED) is 0.228. The number of hydrogen-bond donors (Lipinski definition) is 0. The molecule has 0 saturated carbocycles. The second-order valence-corrected chi connectivity index (χ2v) is 11.3. The first kappa shape index (κ1) is 29.7. The fourth-order valence-corrected chi connectivity index (χ4v) is 5.13. The van der Waals surface area contributed by atoms with Gasteiger partial charge in [0.25, 0.3) is 5.56 Å². The van der Waals surface area contributed by atoms with Crippen LogP contribution in [-0.4, -0.2) is 54.8 Å². The molecule has 1 aromatic carbocycles. The summed E-state index contributed by atoms with van der Waals surface area (Å²) in [6.07, 6.45) is 6.40. The molecule has 0 N–H and O–H groups in total. The van der Waals surface area contributed by atoms with Crippen LogP contribution in [0.3, 0.4) is 0 Å². The van der Waals surface area contributed by atoms with Crippen molar-refractivity contribution in [2.75, 3.05) is 19.8 Å². The van der Waals surface area contributed by atoms with Gasteiger partial charge in [-0.25, -0.2) is 19.7 Å². The average molecular weight is 577 g/mol. The third-order valence-corrected chi connectivity index (χ3v) is 7.16. The van der Waals surface area contributed by atoms with Crippen LogP contribution in [0.15, 0.2) is 52.3 Å². The van der Waals surface area contributed by atoms with Crippen molar-refractivity contribution in [2.45, 2.75) is 78.8 Å². The molecule has 11 nitrogen and oxygen atoms in total. The van der Waals surface area contributed by atoms with Gasteiger partial charge < -0.3 is 18.8 Å². The molecule has 3 aromatic heterocycles. The molecule has 1 fully saturated rings. The molecule has 0 amide bonds. The molecule has 1 aliphatic heterocycles. The fourth-order valence-electron chi connectivity index (χ4n) is 5.13. The third kappa shape index (κ3) is 6.47. The highest BCUT2D eigenvalue weighted by molar-refractivity contribution is 5.77. The lowest BCUT2D eigenvalue weighted by Gasteiger charge is -2.22. The van der Waals surface area contributed by atoms with Crippen molar-refractivity contribution in [1.29, 1.82) is 0 Å². The monoisotopic (exact) mass is 576 g/mol. The molecule has 1 atom stereocenters. The van der Waals surface area contributed by atoms with E-state index in [1.54, 1.807) is 17.0 Å². The highest BCUT2D eigenvalue weighted by Crippen LogP contribution is 2.29. The van der Waals surface area contributed by atoms with Gasteiger partial charge in [0.2, 0.25) is 5.88 Å². The van der Waals surface area contributed by atoms with Gasteiger partial charge >= 0.3 is 5.69 Å². The van der Waals surface area contributed by atoms with Gasteiger partial charge in [-0.1, -0.05) is 44.2 Å². The van der Waals surface area contributed by atoms with Crippen LogP contribution >= 0.6 is 0 Å². The van der Waals surface area contributed by atoms with E-state index < -0.39 is 11.2 Å². The smallest absolute Gasteiger partial charge is 0.332 e. The van der Waals surface area contributed by atoms with Gasteiger partial charge in [0.15, 0.2) is 29.0 Å². The van der Waals surface area contributed by atoms with Crippen LogP contribution in [-0.2, 0) is 22.6 Å². The van der Waals surface area contributed by atoms with Gasteiger partial charge in [0, 0.05) is 38.1 Å². The van der Waals surface area contributed by atoms with Gasteiger partial charge in [0.1, 0.15) is 0 Å². The summed E-state index contributed by atoms with van der Waals surface area (Å²) in [5, 5.41) is 0. The normalized spacial score (nSPS) is 15.6. The molecule has 4 heterocycles. The first-order valence-corrected chi connectivity index (χ1v) is 14.8. The van der Waals surface area contributed by atoms with Gasteiger partial charge in [-0.2, -0.15) is 0 Å². The molecule has 5 rings (SSSR count). The Morgan fingerprint density at radius 1 is 1.02 bits per heavy atom. The summed E-state index contributed by atoms with van der Waals surface area (Å²) in [7, 11) is 0. The molecule has 0 bridgehead atoms. The van der Waals surface area contributed by atoms with E-state index in [-0.39, 0.29) is 24.8 Å². The average Bonchev–Trinajstić information content (AvgIpc) is 3.35. The molecule has 0 spiro atoms. The van der Waals surface area contributed by atoms with Crippen molar-refractivity contribution in [2.24, 2.45) is 5.92 Å². The van der Waals surface area contributed by atoms with Gasteiger partial charge in [-0.05, 0) is 51.0 Å². The highest BCUT2D eigenvalue weighted by atomic mass is 16.7. The third-order valence-electron chi connectivity index (χ3n) is 7.16. The first-order valence-electron chi connectivity index (χ1n) is 14.8. The Balaban J connectivity index is 1.62. The lowest BCUT2D eigenvalue weighted by atomic mass is 10.2. The zero-order valence-corrected chi connectivity index (χ0v) is 24.9. The van der Waals surface area contributed by atoms with Gasteiger partial charge in [-0.3, -0.25) is 13.9 Å². The van der Waals surface area contributed by atoms with E-state index in [1.165, 1.54) is 4.57 Å². The van der Waals surface area contributed by atoms with E-state index in [0.717, 1.165) is 24.8 Å².